The van der Waals surface area contributed by atoms with E-state index in [-0.39, 0.29) is 16.7 Å². The quantitative estimate of drug-likeness (QED) is 0.734. The van der Waals surface area contributed by atoms with Crippen molar-refractivity contribution in [2.45, 2.75) is 32.6 Å². The van der Waals surface area contributed by atoms with E-state index in [1.807, 2.05) is 39.0 Å². The predicted octanol–water partition coefficient (Wildman–Crippen LogP) is 3.89. The molecule has 0 fully saturated rings. The molecule has 2 aromatic carbocycles. The Morgan fingerprint density at radius 2 is 1.92 bits per heavy atom. The van der Waals surface area contributed by atoms with Crippen LogP contribution in [0.5, 0.6) is 0 Å². The fourth-order valence-corrected chi connectivity index (χ4v) is 5.06. The van der Waals surface area contributed by atoms with E-state index in [2.05, 4.69) is 4.72 Å². The molecule has 0 spiro atoms. The molecule has 7 heteroatoms. The van der Waals surface area contributed by atoms with Gasteiger partial charge < -0.3 is 0 Å². The molecular weight excluding hydrogens is 356 g/mol. The van der Waals surface area contributed by atoms with Crippen LogP contribution in [0.3, 0.4) is 0 Å². The first kappa shape index (κ1) is 17.7. The van der Waals surface area contributed by atoms with E-state index < -0.39 is 10.0 Å². The lowest BCUT2D eigenvalue weighted by Crippen LogP contribution is -2.15. The summed E-state index contributed by atoms with van der Waals surface area (Å²) >= 11 is 1.13. The van der Waals surface area contributed by atoms with Gasteiger partial charge in [-0.2, -0.15) is 0 Å². The Labute approximate surface area is 151 Å². The van der Waals surface area contributed by atoms with Crippen LogP contribution in [0, 0.1) is 6.92 Å². The van der Waals surface area contributed by atoms with Gasteiger partial charge in [0.15, 0.2) is 0 Å². The van der Waals surface area contributed by atoms with Gasteiger partial charge in [-0.25, -0.2) is 8.42 Å². The van der Waals surface area contributed by atoms with Crippen LogP contribution in [0.2, 0.25) is 0 Å². The number of thiazole rings is 1. The van der Waals surface area contributed by atoms with Gasteiger partial charge in [-0.3, -0.25) is 14.1 Å². The molecule has 0 aliphatic carbocycles. The maximum absolute atomic E-state index is 12.4. The summed E-state index contributed by atoms with van der Waals surface area (Å²) in [7, 11) is -3.52. The maximum Gasteiger partial charge on any atom is 0.308 e. The number of fused-ring (bicyclic) bond motifs is 1. The second-order valence-corrected chi connectivity index (χ2v) is 9.08. The molecule has 0 bridgehead atoms. The summed E-state index contributed by atoms with van der Waals surface area (Å²) in [6.07, 6.45) is 0. The minimum atomic E-state index is -3.52. The van der Waals surface area contributed by atoms with Gasteiger partial charge >= 0.3 is 4.87 Å². The van der Waals surface area contributed by atoms with Gasteiger partial charge in [0.1, 0.15) is 0 Å². The number of rotatable bonds is 5. The van der Waals surface area contributed by atoms with Crippen LogP contribution in [0.4, 0.5) is 5.69 Å². The molecule has 25 heavy (non-hydrogen) atoms. The SMILES string of the molecule is Cc1cccc(CS(=O)(=O)Nc2ccc3c(c2)sc(=O)n3C(C)C)c1. The van der Waals surface area contributed by atoms with Crippen LogP contribution < -0.4 is 9.60 Å². The predicted molar refractivity (Wildman–Crippen MR) is 104 cm³/mol. The molecule has 0 saturated heterocycles. The van der Waals surface area contributed by atoms with Crippen LogP contribution in [0.1, 0.15) is 31.0 Å². The van der Waals surface area contributed by atoms with Crippen LogP contribution in [0.25, 0.3) is 10.2 Å². The Morgan fingerprint density at radius 3 is 2.60 bits per heavy atom. The summed E-state index contributed by atoms with van der Waals surface area (Å²) in [5.41, 5.74) is 3.06. The third-order valence-corrected chi connectivity index (χ3v) is 6.02. The van der Waals surface area contributed by atoms with E-state index in [0.29, 0.717) is 5.69 Å². The molecule has 0 saturated carbocycles. The Hall–Kier alpha value is -2.12. The Balaban J connectivity index is 1.88. The normalized spacial score (nSPS) is 12.0. The molecule has 0 atom stereocenters. The van der Waals surface area contributed by atoms with Gasteiger partial charge in [0.25, 0.3) is 0 Å². The summed E-state index contributed by atoms with van der Waals surface area (Å²) in [5, 5.41) is 0. The maximum atomic E-state index is 12.4. The Morgan fingerprint density at radius 1 is 1.16 bits per heavy atom. The van der Waals surface area contributed by atoms with Gasteiger partial charge in [0, 0.05) is 6.04 Å². The van der Waals surface area contributed by atoms with Gasteiger partial charge in [-0.05, 0) is 44.5 Å². The molecule has 0 amide bonds. The molecule has 1 N–H and O–H groups in total. The Bertz CT molecular complexity index is 1080. The average molecular weight is 377 g/mol. The van der Waals surface area contributed by atoms with Gasteiger partial charge in [-0.15, -0.1) is 0 Å². The van der Waals surface area contributed by atoms with E-state index in [0.717, 1.165) is 32.7 Å². The smallest absolute Gasteiger partial charge is 0.296 e. The highest BCUT2D eigenvalue weighted by molar-refractivity contribution is 7.91. The molecule has 3 rings (SSSR count). The zero-order valence-electron chi connectivity index (χ0n) is 14.3. The molecule has 0 radical (unpaired) electrons. The highest BCUT2D eigenvalue weighted by Crippen LogP contribution is 2.25. The number of benzene rings is 2. The summed E-state index contributed by atoms with van der Waals surface area (Å²) < 4.78 is 29.9. The van der Waals surface area contributed by atoms with Gasteiger partial charge in [-0.1, -0.05) is 41.2 Å². The van der Waals surface area contributed by atoms with Crippen molar-refractivity contribution >= 4 is 37.3 Å². The number of aromatic nitrogens is 1. The first-order valence-electron chi connectivity index (χ1n) is 7.96. The molecule has 0 aliphatic rings. The van der Waals surface area contributed by atoms with Crippen molar-refractivity contribution in [3.63, 3.8) is 0 Å². The summed E-state index contributed by atoms with van der Waals surface area (Å²) in [5.74, 6) is -0.0873. The minimum Gasteiger partial charge on any atom is -0.296 e. The van der Waals surface area contributed by atoms with Crippen LogP contribution in [0.15, 0.2) is 47.3 Å². The highest BCUT2D eigenvalue weighted by Gasteiger charge is 2.15. The number of anilines is 1. The fraction of sp³-hybridized carbons (Fsp3) is 0.278. The van der Waals surface area contributed by atoms with E-state index in [4.69, 9.17) is 0 Å². The average Bonchev–Trinajstić information content (AvgIpc) is 2.81. The molecule has 132 valence electrons. The number of sulfonamides is 1. The first-order chi connectivity index (χ1) is 11.7. The van der Waals surface area contributed by atoms with Crippen molar-refractivity contribution in [1.29, 1.82) is 0 Å². The van der Waals surface area contributed by atoms with E-state index >= 15 is 0 Å². The van der Waals surface area contributed by atoms with Crippen LogP contribution in [-0.4, -0.2) is 13.0 Å². The largest absolute Gasteiger partial charge is 0.308 e. The van der Waals surface area contributed by atoms with Crippen molar-refractivity contribution in [2.75, 3.05) is 4.72 Å². The van der Waals surface area contributed by atoms with Crippen LogP contribution in [-0.2, 0) is 15.8 Å². The van der Waals surface area contributed by atoms with Crippen molar-refractivity contribution in [2.24, 2.45) is 0 Å². The second-order valence-electron chi connectivity index (χ2n) is 6.36. The zero-order valence-corrected chi connectivity index (χ0v) is 15.9. The van der Waals surface area contributed by atoms with Gasteiger partial charge in [0.05, 0.1) is 21.7 Å². The van der Waals surface area contributed by atoms with Crippen molar-refractivity contribution in [1.82, 2.24) is 4.57 Å². The lowest BCUT2D eigenvalue weighted by Gasteiger charge is -2.10. The first-order valence-corrected chi connectivity index (χ1v) is 10.4. The molecule has 5 nitrogen and oxygen atoms in total. The topological polar surface area (TPSA) is 68.2 Å². The third kappa shape index (κ3) is 3.93. The number of hydrogen-bond donors (Lipinski definition) is 1. The summed E-state index contributed by atoms with van der Waals surface area (Å²) in [6, 6.07) is 12.7. The minimum absolute atomic E-state index is 0.0373. The molecule has 3 aromatic rings. The zero-order chi connectivity index (χ0) is 18.2. The number of nitrogens with one attached hydrogen (secondary N) is 1. The standard InChI is InChI=1S/C18H20N2O3S2/c1-12(2)20-16-8-7-15(10-17(16)24-18(20)21)19-25(22,23)11-14-6-4-5-13(3)9-14/h4-10,12,19H,11H2,1-3H3. The number of hydrogen-bond acceptors (Lipinski definition) is 4. The molecular formula is C18H20N2O3S2. The van der Waals surface area contributed by atoms with Crippen LogP contribution >= 0.6 is 11.3 Å². The Kier molecular flexibility index (Phi) is 4.71. The van der Waals surface area contributed by atoms with E-state index in [1.54, 1.807) is 28.8 Å². The van der Waals surface area contributed by atoms with Crippen molar-refractivity contribution < 1.29 is 8.42 Å². The second kappa shape index (κ2) is 6.65. The molecule has 0 aliphatic heterocycles. The van der Waals surface area contributed by atoms with Gasteiger partial charge in [0.2, 0.25) is 10.0 Å². The summed E-state index contributed by atoms with van der Waals surface area (Å²) in [4.78, 5) is 12.1. The van der Waals surface area contributed by atoms with E-state index in [1.165, 1.54) is 0 Å². The highest BCUT2D eigenvalue weighted by atomic mass is 32.2. The number of nitrogens with zero attached hydrogens (tertiary/aromatic N) is 1. The van der Waals surface area contributed by atoms with Crippen molar-refractivity contribution in [3.05, 3.63) is 63.3 Å². The fourth-order valence-electron chi connectivity index (χ4n) is 2.83. The summed E-state index contributed by atoms with van der Waals surface area (Å²) in [6.45, 7) is 5.83. The number of aryl methyl sites for hydroxylation is 1. The monoisotopic (exact) mass is 376 g/mol. The lowest BCUT2D eigenvalue weighted by molar-refractivity contribution is 0.600. The third-order valence-electron chi connectivity index (χ3n) is 3.84. The van der Waals surface area contributed by atoms with Crippen molar-refractivity contribution in [3.8, 4) is 0 Å². The molecule has 1 heterocycles. The molecule has 0 unspecified atom stereocenters. The molecule has 1 aromatic heterocycles. The van der Waals surface area contributed by atoms with E-state index in [9.17, 15) is 13.2 Å². The lowest BCUT2D eigenvalue weighted by atomic mass is 10.2.